The zero-order chi connectivity index (χ0) is 13.2. The van der Waals surface area contributed by atoms with Gasteiger partial charge in [-0.05, 0) is 51.2 Å². The van der Waals surface area contributed by atoms with Crippen LogP contribution in [0, 0.1) is 5.92 Å². The molecule has 0 spiro atoms. The van der Waals surface area contributed by atoms with Gasteiger partial charge >= 0.3 is 6.18 Å². The van der Waals surface area contributed by atoms with E-state index in [-0.39, 0.29) is 0 Å². The van der Waals surface area contributed by atoms with Crippen LogP contribution in [0.4, 0.5) is 13.2 Å². The van der Waals surface area contributed by atoms with Crippen molar-refractivity contribution in [1.82, 2.24) is 5.32 Å². The predicted octanol–water partition coefficient (Wildman–Crippen LogP) is 3.98. The molecule has 0 saturated heterocycles. The van der Waals surface area contributed by atoms with E-state index in [2.05, 4.69) is 11.6 Å². The Morgan fingerprint density at radius 1 is 0.944 bits per heavy atom. The number of halogens is 3. The minimum absolute atomic E-state index is 0.305. The van der Waals surface area contributed by atoms with Gasteiger partial charge in [-0.25, -0.2) is 0 Å². The third-order valence-corrected chi connectivity index (χ3v) is 5.47. The predicted molar refractivity (Wildman–Crippen MR) is 69.9 cm³/mol. The summed E-state index contributed by atoms with van der Waals surface area (Å²) in [5.74, 6) is -1.06. The third-order valence-electron chi connectivity index (χ3n) is 4.38. The van der Waals surface area contributed by atoms with E-state index in [1.54, 1.807) is 0 Å². The monoisotopic (exact) mass is 281 g/mol. The van der Waals surface area contributed by atoms with Gasteiger partial charge in [0.15, 0.2) is 0 Å². The van der Waals surface area contributed by atoms with E-state index in [1.807, 2.05) is 11.8 Å². The van der Waals surface area contributed by atoms with Crippen LogP contribution in [0.5, 0.6) is 0 Å². The molecule has 2 saturated carbocycles. The Hall–Kier alpha value is 0.100. The maximum Gasteiger partial charge on any atom is 0.391 e. The van der Waals surface area contributed by atoms with Crippen LogP contribution >= 0.6 is 11.8 Å². The third kappa shape index (κ3) is 3.80. The topological polar surface area (TPSA) is 12.0 Å². The lowest BCUT2D eigenvalue weighted by molar-refractivity contribution is -0.182. The van der Waals surface area contributed by atoms with Crippen molar-refractivity contribution in [2.75, 3.05) is 6.26 Å². The average Bonchev–Trinajstić information content (AvgIpc) is 2.76. The van der Waals surface area contributed by atoms with Gasteiger partial charge in [-0.3, -0.25) is 0 Å². The molecule has 2 aliphatic rings. The highest BCUT2D eigenvalue weighted by Crippen LogP contribution is 2.38. The van der Waals surface area contributed by atoms with Crippen molar-refractivity contribution in [2.24, 2.45) is 5.92 Å². The first-order valence-electron chi connectivity index (χ1n) is 6.84. The van der Waals surface area contributed by atoms with E-state index < -0.39 is 12.1 Å². The van der Waals surface area contributed by atoms with E-state index in [9.17, 15) is 13.2 Å². The van der Waals surface area contributed by atoms with Crippen LogP contribution in [-0.4, -0.2) is 29.8 Å². The second-order valence-corrected chi connectivity index (χ2v) is 6.76. The van der Waals surface area contributed by atoms with Crippen LogP contribution in [0.1, 0.15) is 44.9 Å². The molecule has 2 atom stereocenters. The lowest BCUT2D eigenvalue weighted by atomic mass is 9.85. The van der Waals surface area contributed by atoms with Crippen molar-refractivity contribution >= 4 is 11.8 Å². The number of alkyl halides is 3. The molecule has 0 aromatic rings. The molecular weight excluding hydrogens is 259 g/mol. The number of hydrogen-bond donors (Lipinski definition) is 1. The second kappa shape index (κ2) is 6.04. The minimum Gasteiger partial charge on any atom is -0.311 e. The molecule has 1 N–H and O–H groups in total. The summed E-state index contributed by atoms with van der Waals surface area (Å²) in [4.78, 5) is 0. The maximum absolute atomic E-state index is 12.5. The smallest absolute Gasteiger partial charge is 0.311 e. The van der Waals surface area contributed by atoms with Crippen LogP contribution in [0.2, 0.25) is 0 Å². The molecule has 0 amide bonds. The van der Waals surface area contributed by atoms with E-state index in [0.29, 0.717) is 37.8 Å². The van der Waals surface area contributed by atoms with E-state index in [4.69, 9.17) is 0 Å². The van der Waals surface area contributed by atoms with Gasteiger partial charge in [0.2, 0.25) is 0 Å². The Balaban J connectivity index is 1.71. The molecule has 18 heavy (non-hydrogen) atoms. The van der Waals surface area contributed by atoms with E-state index >= 15 is 0 Å². The summed E-state index contributed by atoms with van der Waals surface area (Å²) in [6, 6.07) is 0.851. The van der Waals surface area contributed by atoms with Gasteiger partial charge in [0.1, 0.15) is 0 Å². The first-order valence-corrected chi connectivity index (χ1v) is 8.13. The quantitative estimate of drug-likeness (QED) is 0.839. The average molecular weight is 281 g/mol. The fourth-order valence-electron chi connectivity index (χ4n) is 3.23. The van der Waals surface area contributed by atoms with Gasteiger partial charge in [-0.1, -0.05) is 0 Å². The molecule has 2 aliphatic carbocycles. The number of nitrogens with one attached hydrogen (secondary N) is 1. The van der Waals surface area contributed by atoms with Crippen molar-refractivity contribution < 1.29 is 13.2 Å². The summed E-state index contributed by atoms with van der Waals surface area (Å²) in [6.07, 6.45) is 3.75. The summed E-state index contributed by atoms with van der Waals surface area (Å²) in [6.45, 7) is 0. The largest absolute Gasteiger partial charge is 0.391 e. The van der Waals surface area contributed by atoms with E-state index in [0.717, 1.165) is 5.25 Å². The number of thioether (sulfide) groups is 1. The summed E-state index contributed by atoms with van der Waals surface area (Å²) >= 11 is 1.91. The molecule has 2 rings (SSSR count). The zero-order valence-corrected chi connectivity index (χ0v) is 11.6. The van der Waals surface area contributed by atoms with Crippen LogP contribution in [-0.2, 0) is 0 Å². The maximum atomic E-state index is 12.5. The normalized spacial score (nSPS) is 38.0. The Bertz CT molecular complexity index is 261. The minimum atomic E-state index is -3.98. The number of hydrogen-bond acceptors (Lipinski definition) is 2. The fraction of sp³-hybridized carbons (Fsp3) is 1.00. The highest BCUT2D eigenvalue weighted by atomic mass is 32.2. The van der Waals surface area contributed by atoms with Gasteiger partial charge < -0.3 is 5.32 Å². The summed E-state index contributed by atoms with van der Waals surface area (Å²) < 4.78 is 37.6. The van der Waals surface area contributed by atoms with E-state index in [1.165, 1.54) is 19.3 Å². The summed E-state index contributed by atoms with van der Waals surface area (Å²) in [5, 5.41) is 4.32. The SMILES string of the molecule is CSC1CCC(NC2CCC(C(F)(F)F)CC2)C1. The summed E-state index contributed by atoms with van der Waals surface area (Å²) in [7, 11) is 0. The molecular formula is C13H22F3NS. The molecule has 0 aliphatic heterocycles. The molecule has 2 fully saturated rings. The zero-order valence-electron chi connectivity index (χ0n) is 10.8. The molecule has 0 bridgehead atoms. The van der Waals surface area contributed by atoms with Crippen molar-refractivity contribution in [2.45, 2.75) is 68.5 Å². The van der Waals surface area contributed by atoms with Crippen LogP contribution in [0.15, 0.2) is 0 Å². The Morgan fingerprint density at radius 2 is 1.56 bits per heavy atom. The van der Waals surface area contributed by atoms with Gasteiger partial charge in [-0.15, -0.1) is 0 Å². The van der Waals surface area contributed by atoms with Gasteiger partial charge in [0.05, 0.1) is 5.92 Å². The Labute approximate surface area is 111 Å². The highest BCUT2D eigenvalue weighted by Gasteiger charge is 2.41. The lowest BCUT2D eigenvalue weighted by Gasteiger charge is -2.32. The van der Waals surface area contributed by atoms with Gasteiger partial charge in [-0.2, -0.15) is 24.9 Å². The van der Waals surface area contributed by atoms with Crippen molar-refractivity contribution in [3.05, 3.63) is 0 Å². The molecule has 0 heterocycles. The highest BCUT2D eigenvalue weighted by molar-refractivity contribution is 7.99. The Morgan fingerprint density at radius 3 is 2.06 bits per heavy atom. The molecule has 0 aromatic carbocycles. The lowest BCUT2D eigenvalue weighted by Crippen LogP contribution is -2.41. The molecule has 106 valence electrons. The van der Waals surface area contributed by atoms with Crippen molar-refractivity contribution in [3.8, 4) is 0 Å². The Kier molecular flexibility index (Phi) is 4.86. The summed E-state index contributed by atoms with van der Waals surface area (Å²) in [5.41, 5.74) is 0. The molecule has 0 radical (unpaired) electrons. The first kappa shape index (κ1) is 14.5. The second-order valence-electron chi connectivity index (χ2n) is 5.62. The molecule has 1 nitrogen and oxygen atoms in total. The van der Waals surface area contributed by atoms with Crippen LogP contribution in [0.3, 0.4) is 0 Å². The van der Waals surface area contributed by atoms with Gasteiger partial charge in [0.25, 0.3) is 0 Å². The first-order chi connectivity index (χ1) is 8.49. The molecule has 5 heteroatoms. The molecule has 0 aromatic heterocycles. The van der Waals surface area contributed by atoms with Gasteiger partial charge in [0, 0.05) is 17.3 Å². The van der Waals surface area contributed by atoms with Crippen LogP contribution in [0.25, 0.3) is 0 Å². The fourth-order valence-corrected chi connectivity index (χ4v) is 4.02. The van der Waals surface area contributed by atoms with Crippen molar-refractivity contribution in [1.29, 1.82) is 0 Å². The number of rotatable bonds is 3. The van der Waals surface area contributed by atoms with Crippen LogP contribution < -0.4 is 5.32 Å². The standard InChI is InChI=1S/C13H22F3NS/c1-18-12-7-6-11(8-12)17-10-4-2-9(3-5-10)13(14,15)16/h9-12,17H,2-8H2,1H3. The molecule has 2 unspecified atom stereocenters. The van der Waals surface area contributed by atoms with Crippen molar-refractivity contribution in [3.63, 3.8) is 0 Å².